The predicted octanol–water partition coefficient (Wildman–Crippen LogP) is 5.25. The predicted molar refractivity (Wildman–Crippen MR) is 148 cm³/mol. The Hall–Kier alpha value is -4.21. The van der Waals surface area contributed by atoms with Crippen LogP contribution in [0.1, 0.15) is 15.9 Å². The average Bonchev–Trinajstić information content (AvgIpc) is 3.20. The highest BCUT2D eigenvalue weighted by Gasteiger charge is 2.28. The van der Waals surface area contributed by atoms with Crippen molar-refractivity contribution in [3.8, 4) is 0 Å². The lowest BCUT2D eigenvalue weighted by Crippen LogP contribution is -2.32. The molecule has 1 aromatic heterocycles. The van der Waals surface area contributed by atoms with E-state index >= 15 is 0 Å². The molecule has 0 aliphatic carbocycles. The first kappa shape index (κ1) is 24.5. The normalized spacial score (nSPS) is 11.4. The van der Waals surface area contributed by atoms with Gasteiger partial charge >= 0.3 is 4.87 Å². The van der Waals surface area contributed by atoms with Gasteiger partial charge in [-0.3, -0.25) is 13.9 Å². The van der Waals surface area contributed by atoms with Crippen molar-refractivity contribution >= 4 is 48.9 Å². The molecular weight excluding hydrogens is 506 g/mol. The number of amides is 1. The van der Waals surface area contributed by atoms with E-state index in [1.807, 2.05) is 30.3 Å². The number of para-hydroxylation sites is 1. The monoisotopic (exact) mass is 529 g/mol. The third kappa shape index (κ3) is 4.91. The second-order valence-corrected chi connectivity index (χ2v) is 11.2. The Morgan fingerprint density at radius 1 is 0.892 bits per heavy atom. The van der Waals surface area contributed by atoms with Crippen molar-refractivity contribution in [2.45, 2.75) is 11.4 Å². The van der Waals surface area contributed by atoms with E-state index in [0.717, 1.165) is 27.1 Å². The summed E-state index contributed by atoms with van der Waals surface area (Å²) in [5, 5.41) is 2.86. The highest BCUT2D eigenvalue weighted by Crippen LogP contribution is 2.30. The van der Waals surface area contributed by atoms with Crippen molar-refractivity contribution in [3.05, 3.63) is 124 Å². The number of rotatable bonds is 7. The number of carbonyl (C=O) groups excluding carboxylic acids is 1. The van der Waals surface area contributed by atoms with Gasteiger partial charge in [-0.25, -0.2) is 8.42 Å². The van der Waals surface area contributed by atoms with Crippen LogP contribution in [0.15, 0.2) is 113 Å². The number of thiazole rings is 1. The summed E-state index contributed by atoms with van der Waals surface area (Å²) in [5.41, 5.74) is 2.53. The molecule has 0 saturated carbocycles. The lowest BCUT2D eigenvalue weighted by atomic mass is 10.1. The summed E-state index contributed by atoms with van der Waals surface area (Å²) in [7, 11) is -2.30. The zero-order valence-corrected chi connectivity index (χ0v) is 21.5. The maximum atomic E-state index is 13.8. The molecule has 4 aromatic carbocycles. The van der Waals surface area contributed by atoms with Gasteiger partial charge in [-0.05, 0) is 48.0 Å². The van der Waals surface area contributed by atoms with Gasteiger partial charge in [0.15, 0.2) is 0 Å². The first-order chi connectivity index (χ1) is 17.8. The van der Waals surface area contributed by atoms with E-state index in [4.69, 9.17) is 0 Å². The van der Waals surface area contributed by atoms with Crippen molar-refractivity contribution in [1.82, 2.24) is 4.57 Å². The van der Waals surface area contributed by atoms with Crippen LogP contribution < -0.4 is 14.5 Å². The highest BCUT2D eigenvalue weighted by atomic mass is 32.2. The topological polar surface area (TPSA) is 88.5 Å². The molecule has 0 aliphatic heterocycles. The number of aryl methyl sites for hydroxylation is 1. The van der Waals surface area contributed by atoms with Crippen molar-refractivity contribution in [3.63, 3.8) is 0 Å². The Labute approximate surface area is 218 Å². The van der Waals surface area contributed by atoms with Gasteiger partial charge in [0.25, 0.3) is 15.9 Å². The minimum atomic E-state index is -3.99. The zero-order chi connectivity index (χ0) is 26.0. The number of hydrogen-bond donors (Lipinski definition) is 1. The molecule has 0 aliphatic rings. The quantitative estimate of drug-likeness (QED) is 0.312. The van der Waals surface area contributed by atoms with Crippen LogP contribution in [0.3, 0.4) is 0 Å². The Bertz CT molecular complexity index is 1750. The fraction of sp³-hybridized carbons (Fsp3) is 0.0714. The molecule has 37 heavy (non-hydrogen) atoms. The Morgan fingerprint density at radius 2 is 1.54 bits per heavy atom. The Balaban J connectivity index is 1.55. The summed E-state index contributed by atoms with van der Waals surface area (Å²) >= 11 is 1.09. The number of benzene rings is 4. The minimum absolute atomic E-state index is 0.0479. The number of anilines is 2. The summed E-state index contributed by atoms with van der Waals surface area (Å²) in [6, 6.07) is 29.3. The van der Waals surface area contributed by atoms with Crippen LogP contribution in [0, 0.1) is 0 Å². The first-order valence-corrected chi connectivity index (χ1v) is 13.7. The third-order valence-electron chi connectivity index (χ3n) is 5.97. The molecule has 1 heterocycles. The van der Waals surface area contributed by atoms with Crippen molar-refractivity contribution in [1.29, 1.82) is 0 Å². The van der Waals surface area contributed by atoms with E-state index in [2.05, 4.69) is 5.32 Å². The number of fused-ring (bicyclic) bond motifs is 1. The molecule has 0 bridgehead atoms. The molecule has 9 heteroatoms. The first-order valence-electron chi connectivity index (χ1n) is 11.5. The maximum Gasteiger partial charge on any atom is 0.307 e. The van der Waals surface area contributed by atoms with E-state index in [1.165, 1.54) is 16.4 Å². The van der Waals surface area contributed by atoms with Gasteiger partial charge in [0, 0.05) is 12.7 Å². The third-order valence-corrected chi connectivity index (χ3v) is 8.74. The van der Waals surface area contributed by atoms with Gasteiger partial charge in [0.05, 0.1) is 32.9 Å². The molecule has 0 radical (unpaired) electrons. The molecule has 0 fully saturated rings. The summed E-state index contributed by atoms with van der Waals surface area (Å²) in [6.45, 7) is 0.0479. The number of nitrogens with one attached hydrogen (secondary N) is 1. The smallest absolute Gasteiger partial charge is 0.307 e. The molecule has 5 rings (SSSR count). The zero-order valence-electron chi connectivity index (χ0n) is 19.9. The second kappa shape index (κ2) is 10.0. The van der Waals surface area contributed by atoms with Crippen LogP contribution in [-0.4, -0.2) is 18.9 Å². The number of carbonyl (C=O) groups is 1. The van der Waals surface area contributed by atoms with E-state index < -0.39 is 15.9 Å². The molecule has 1 N–H and O–H groups in total. The fourth-order valence-electron chi connectivity index (χ4n) is 4.06. The lowest BCUT2D eigenvalue weighted by Gasteiger charge is -2.26. The van der Waals surface area contributed by atoms with Crippen molar-refractivity contribution in [2.75, 3.05) is 9.62 Å². The Morgan fingerprint density at radius 3 is 2.27 bits per heavy atom. The molecule has 0 atom stereocenters. The SMILES string of the molecule is Cn1c(=O)sc2cc(NC(=O)c3ccccc3N(Cc3ccccc3)S(=O)(=O)c3ccccc3)ccc21. The summed E-state index contributed by atoms with van der Waals surface area (Å²) in [6.07, 6.45) is 0. The van der Waals surface area contributed by atoms with E-state index in [9.17, 15) is 18.0 Å². The largest absolute Gasteiger partial charge is 0.322 e. The van der Waals surface area contributed by atoms with Crippen LogP contribution in [0.4, 0.5) is 11.4 Å². The van der Waals surface area contributed by atoms with Gasteiger partial charge in [-0.2, -0.15) is 0 Å². The van der Waals surface area contributed by atoms with E-state index in [0.29, 0.717) is 5.69 Å². The highest BCUT2D eigenvalue weighted by molar-refractivity contribution is 7.92. The molecular formula is C28H23N3O4S2. The number of nitrogens with zero attached hydrogens (tertiary/aromatic N) is 2. The second-order valence-electron chi connectivity index (χ2n) is 8.39. The van der Waals surface area contributed by atoms with E-state index in [1.54, 1.807) is 72.3 Å². The van der Waals surface area contributed by atoms with Crippen molar-refractivity contribution < 1.29 is 13.2 Å². The fourth-order valence-corrected chi connectivity index (χ4v) is 6.47. The summed E-state index contributed by atoms with van der Waals surface area (Å²) in [4.78, 5) is 25.5. The number of sulfonamides is 1. The van der Waals surface area contributed by atoms with Crippen molar-refractivity contribution in [2.24, 2.45) is 7.05 Å². The lowest BCUT2D eigenvalue weighted by molar-refractivity contribution is 0.102. The van der Waals surface area contributed by atoms with E-state index in [-0.39, 0.29) is 27.6 Å². The maximum absolute atomic E-state index is 13.8. The van der Waals surface area contributed by atoms with Gasteiger partial charge < -0.3 is 9.88 Å². The summed E-state index contributed by atoms with van der Waals surface area (Å²) in [5.74, 6) is -0.459. The molecule has 0 spiro atoms. The average molecular weight is 530 g/mol. The standard InChI is InChI=1S/C28H23N3O4S2/c1-30-25-17-16-21(18-26(25)36-28(30)33)29-27(32)23-14-8-9-15-24(23)31(19-20-10-4-2-5-11-20)37(34,35)22-12-6-3-7-13-22/h2-18H,19H2,1H3,(H,29,32). The number of aromatic nitrogens is 1. The number of hydrogen-bond acceptors (Lipinski definition) is 5. The Kier molecular flexibility index (Phi) is 6.64. The molecule has 0 saturated heterocycles. The van der Waals surface area contributed by atoms with Crippen LogP contribution in [0.5, 0.6) is 0 Å². The minimum Gasteiger partial charge on any atom is -0.322 e. The summed E-state index contributed by atoms with van der Waals surface area (Å²) < 4.78 is 31.2. The molecule has 5 aromatic rings. The van der Waals surface area contributed by atoms with Gasteiger partial charge in [-0.1, -0.05) is 72.0 Å². The molecule has 7 nitrogen and oxygen atoms in total. The van der Waals surface area contributed by atoms with Crippen LogP contribution in [-0.2, 0) is 23.6 Å². The van der Waals surface area contributed by atoms with Gasteiger partial charge in [-0.15, -0.1) is 0 Å². The van der Waals surface area contributed by atoms with Crippen LogP contribution >= 0.6 is 11.3 Å². The van der Waals surface area contributed by atoms with Gasteiger partial charge in [0.2, 0.25) is 0 Å². The van der Waals surface area contributed by atoms with Crippen LogP contribution in [0.2, 0.25) is 0 Å². The molecule has 186 valence electrons. The molecule has 0 unspecified atom stereocenters. The van der Waals surface area contributed by atoms with Crippen LogP contribution in [0.25, 0.3) is 10.2 Å². The molecule has 1 amide bonds. The van der Waals surface area contributed by atoms with Gasteiger partial charge in [0.1, 0.15) is 0 Å².